The summed E-state index contributed by atoms with van der Waals surface area (Å²) in [5.74, 6) is 0. The number of anilines is 1. The Hall–Kier alpha value is -1.00. The summed E-state index contributed by atoms with van der Waals surface area (Å²) < 4.78 is 0. The molecule has 0 radical (unpaired) electrons. The third kappa shape index (κ3) is 3.75. The standard InChI is InChI=1S/C11H14Cl2N2O2/c1-3-4-7(2)14-10-5-8(12)9(13)6-11(10)15(16)17/h5-7,14H,3-4H2,1-2H3. The van der Waals surface area contributed by atoms with E-state index in [0.717, 1.165) is 12.8 Å². The van der Waals surface area contributed by atoms with Crippen molar-refractivity contribution in [1.29, 1.82) is 0 Å². The molecule has 0 saturated carbocycles. The third-order valence-electron chi connectivity index (χ3n) is 2.36. The van der Waals surface area contributed by atoms with Gasteiger partial charge in [0.2, 0.25) is 0 Å². The van der Waals surface area contributed by atoms with E-state index in [2.05, 4.69) is 12.2 Å². The third-order valence-corrected chi connectivity index (χ3v) is 3.08. The first kappa shape index (κ1) is 14.1. The molecule has 0 bridgehead atoms. The van der Waals surface area contributed by atoms with Gasteiger partial charge in [0, 0.05) is 12.1 Å². The van der Waals surface area contributed by atoms with Crippen LogP contribution in [0.3, 0.4) is 0 Å². The van der Waals surface area contributed by atoms with Crippen LogP contribution in [-0.4, -0.2) is 11.0 Å². The molecule has 0 aliphatic heterocycles. The Morgan fingerprint density at radius 2 is 2.00 bits per heavy atom. The molecule has 1 N–H and O–H groups in total. The van der Waals surface area contributed by atoms with Gasteiger partial charge in [-0.1, -0.05) is 36.5 Å². The van der Waals surface area contributed by atoms with E-state index in [1.54, 1.807) is 0 Å². The Morgan fingerprint density at radius 3 is 2.53 bits per heavy atom. The van der Waals surface area contributed by atoms with Gasteiger partial charge in [0.15, 0.2) is 0 Å². The normalized spacial score (nSPS) is 12.2. The van der Waals surface area contributed by atoms with Crippen LogP contribution < -0.4 is 5.32 Å². The van der Waals surface area contributed by atoms with Crippen molar-refractivity contribution >= 4 is 34.6 Å². The van der Waals surface area contributed by atoms with Gasteiger partial charge >= 0.3 is 0 Å². The highest BCUT2D eigenvalue weighted by molar-refractivity contribution is 6.42. The molecule has 0 aliphatic rings. The predicted octanol–water partition coefficient (Wildman–Crippen LogP) is 4.50. The van der Waals surface area contributed by atoms with Crippen molar-refractivity contribution in [3.8, 4) is 0 Å². The van der Waals surface area contributed by atoms with Crippen molar-refractivity contribution < 1.29 is 4.92 Å². The minimum Gasteiger partial charge on any atom is -0.377 e. The van der Waals surface area contributed by atoms with Gasteiger partial charge in [-0.3, -0.25) is 10.1 Å². The first-order valence-corrected chi connectivity index (χ1v) is 6.11. The second-order valence-electron chi connectivity index (χ2n) is 3.87. The van der Waals surface area contributed by atoms with Crippen molar-refractivity contribution in [3.63, 3.8) is 0 Å². The van der Waals surface area contributed by atoms with Crippen LogP contribution in [0.25, 0.3) is 0 Å². The van der Waals surface area contributed by atoms with Crippen LogP contribution in [0.5, 0.6) is 0 Å². The Balaban J connectivity index is 3.04. The summed E-state index contributed by atoms with van der Waals surface area (Å²) in [7, 11) is 0. The van der Waals surface area contributed by atoms with E-state index in [1.807, 2.05) is 6.92 Å². The molecule has 1 atom stereocenters. The largest absolute Gasteiger partial charge is 0.377 e. The van der Waals surface area contributed by atoms with Crippen molar-refractivity contribution in [2.75, 3.05) is 5.32 Å². The average molecular weight is 277 g/mol. The molecule has 1 unspecified atom stereocenters. The van der Waals surface area contributed by atoms with Crippen molar-refractivity contribution in [2.24, 2.45) is 0 Å². The van der Waals surface area contributed by atoms with Crippen LogP contribution in [0.2, 0.25) is 10.0 Å². The fourth-order valence-electron chi connectivity index (χ4n) is 1.57. The molecule has 4 nitrogen and oxygen atoms in total. The highest BCUT2D eigenvalue weighted by Gasteiger charge is 2.18. The molecule has 0 aliphatic carbocycles. The zero-order valence-corrected chi connectivity index (χ0v) is 11.2. The van der Waals surface area contributed by atoms with Gasteiger partial charge in [-0.05, 0) is 19.4 Å². The van der Waals surface area contributed by atoms with E-state index in [4.69, 9.17) is 23.2 Å². The van der Waals surface area contributed by atoms with Gasteiger partial charge in [0.1, 0.15) is 5.69 Å². The molecule has 1 rings (SSSR count). The SMILES string of the molecule is CCCC(C)Nc1cc(Cl)c(Cl)cc1[N+](=O)[O-]. The lowest BCUT2D eigenvalue weighted by Gasteiger charge is -2.14. The van der Waals surface area contributed by atoms with E-state index >= 15 is 0 Å². The van der Waals surface area contributed by atoms with E-state index in [-0.39, 0.29) is 16.8 Å². The lowest BCUT2D eigenvalue weighted by Crippen LogP contribution is -2.15. The Kier molecular flexibility index (Phi) is 5.02. The number of benzene rings is 1. The number of nitro groups is 1. The van der Waals surface area contributed by atoms with Gasteiger partial charge in [-0.25, -0.2) is 0 Å². The number of nitrogens with zero attached hydrogens (tertiary/aromatic N) is 1. The molecular formula is C11H14Cl2N2O2. The molecule has 0 spiro atoms. The molecule has 94 valence electrons. The number of nitro benzene ring substituents is 1. The fraction of sp³-hybridized carbons (Fsp3) is 0.455. The summed E-state index contributed by atoms with van der Waals surface area (Å²) in [6.45, 7) is 4.02. The van der Waals surface area contributed by atoms with Gasteiger partial charge < -0.3 is 5.32 Å². The van der Waals surface area contributed by atoms with Crippen LogP contribution in [0.15, 0.2) is 12.1 Å². The van der Waals surface area contributed by atoms with Crippen LogP contribution in [0, 0.1) is 10.1 Å². The minimum atomic E-state index is -0.469. The monoisotopic (exact) mass is 276 g/mol. The Bertz CT molecular complexity index is 424. The number of hydrogen-bond acceptors (Lipinski definition) is 3. The van der Waals surface area contributed by atoms with Gasteiger partial charge in [-0.2, -0.15) is 0 Å². The maximum Gasteiger partial charge on any atom is 0.293 e. The molecule has 0 saturated heterocycles. The van der Waals surface area contributed by atoms with E-state index < -0.39 is 4.92 Å². The first-order chi connectivity index (χ1) is 7.95. The molecule has 0 fully saturated rings. The minimum absolute atomic E-state index is 0.0534. The summed E-state index contributed by atoms with van der Waals surface area (Å²) in [6.07, 6.45) is 1.93. The highest BCUT2D eigenvalue weighted by atomic mass is 35.5. The Labute approximate surface area is 110 Å². The van der Waals surface area contributed by atoms with Crippen molar-refractivity contribution in [1.82, 2.24) is 0 Å². The van der Waals surface area contributed by atoms with E-state index in [0.29, 0.717) is 10.7 Å². The summed E-state index contributed by atoms with van der Waals surface area (Å²) >= 11 is 11.6. The lowest BCUT2D eigenvalue weighted by atomic mass is 10.1. The topological polar surface area (TPSA) is 55.2 Å². The molecule has 6 heteroatoms. The second-order valence-corrected chi connectivity index (χ2v) is 4.69. The van der Waals surface area contributed by atoms with Gasteiger partial charge in [-0.15, -0.1) is 0 Å². The maximum absolute atomic E-state index is 10.9. The second kappa shape index (κ2) is 6.07. The number of rotatable bonds is 5. The summed E-state index contributed by atoms with van der Waals surface area (Å²) in [5.41, 5.74) is 0.354. The van der Waals surface area contributed by atoms with Gasteiger partial charge in [0.25, 0.3) is 5.69 Å². The molecular weight excluding hydrogens is 263 g/mol. The smallest absolute Gasteiger partial charge is 0.293 e. The summed E-state index contributed by atoms with van der Waals surface area (Å²) in [4.78, 5) is 10.4. The van der Waals surface area contributed by atoms with Crippen LogP contribution in [0.4, 0.5) is 11.4 Å². The lowest BCUT2D eigenvalue weighted by molar-refractivity contribution is -0.384. The molecule has 0 heterocycles. The highest BCUT2D eigenvalue weighted by Crippen LogP contribution is 2.34. The average Bonchev–Trinajstić information content (AvgIpc) is 2.23. The Morgan fingerprint density at radius 1 is 1.41 bits per heavy atom. The zero-order valence-electron chi connectivity index (χ0n) is 9.67. The van der Waals surface area contributed by atoms with Crippen molar-refractivity contribution in [2.45, 2.75) is 32.7 Å². The summed E-state index contributed by atoms with van der Waals surface area (Å²) in [5, 5.41) is 14.5. The first-order valence-electron chi connectivity index (χ1n) is 5.35. The summed E-state index contributed by atoms with van der Waals surface area (Å²) in [6, 6.07) is 2.91. The fourth-order valence-corrected chi connectivity index (χ4v) is 1.90. The molecule has 17 heavy (non-hydrogen) atoms. The maximum atomic E-state index is 10.9. The molecule has 1 aromatic rings. The number of hydrogen-bond donors (Lipinski definition) is 1. The van der Waals surface area contributed by atoms with Crippen LogP contribution in [-0.2, 0) is 0 Å². The van der Waals surface area contributed by atoms with Crippen molar-refractivity contribution in [3.05, 3.63) is 32.3 Å². The van der Waals surface area contributed by atoms with E-state index in [9.17, 15) is 10.1 Å². The van der Waals surface area contributed by atoms with Crippen LogP contribution in [0.1, 0.15) is 26.7 Å². The molecule has 1 aromatic carbocycles. The molecule has 0 amide bonds. The predicted molar refractivity (Wildman–Crippen MR) is 71.1 cm³/mol. The van der Waals surface area contributed by atoms with Crippen LogP contribution >= 0.6 is 23.2 Å². The molecule has 0 aromatic heterocycles. The number of nitrogens with one attached hydrogen (secondary N) is 1. The number of halogens is 2. The van der Waals surface area contributed by atoms with E-state index in [1.165, 1.54) is 12.1 Å². The van der Waals surface area contributed by atoms with Gasteiger partial charge in [0.05, 0.1) is 15.0 Å². The quantitative estimate of drug-likeness (QED) is 0.636. The zero-order chi connectivity index (χ0) is 13.0.